The molecule has 0 saturated carbocycles. The van der Waals surface area contributed by atoms with E-state index in [9.17, 15) is 5.11 Å². The van der Waals surface area contributed by atoms with Crippen LogP contribution in [-0.4, -0.2) is 18.2 Å². The summed E-state index contributed by atoms with van der Waals surface area (Å²) < 4.78 is 0. The number of hydrogen-bond acceptors (Lipinski definition) is 2. The average molecular weight is 261 g/mol. The third-order valence-electron chi connectivity index (χ3n) is 4.23. The molecule has 1 aromatic carbocycles. The van der Waals surface area contributed by atoms with E-state index in [2.05, 4.69) is 45.1 Å². The number of rotatable bonds is 3. The molecule has 1 aliphatic rings. The molecule has 2 rings (SSSR count). The quantitative estimate of drug-likeness (QED) is 0.858. The van der Waals surface area contributed by atoms with Gasteiger partial charge in [-0.25, -0.2) is 0 Å². The number of phenols is 1. The molecule has 106 valence electrons. The van der Waals surface area contributed by atoms with Crippen molar-refractivity contribution in [2.45, 2.75) is 58.3 Å². The van der Waals surface area contributed by atoms with E-state index < -0.39 is 0 Å². The first-order chi connectivity index (χ1) is 9.02. The summed E-state index contributed by atoms with van der Waals surface area (Å²) in [5, 5.41) is 14.2. The molecule has 1 aliphatic heterocycles. The molecule has 1 aromatic rings. The SMILES string of the molecule is CC(C)c1ccc(C(C)C)c(C2CCCNC2)c1O. The van der Waals surface area contributed by atoms with Gasteiger partial charge in [-0.2, -0.15) is 0 Å². The lowest BCUT2D eigenvalue weighted by Crippen LogP contribution is -2.29. The highest BCUT2D eigenvalue weighted by atomic mass is 16.3. The zero-order chi connectivity index (χ0) is 14.0. The molecule has 0 bridgehead atoms. The van der Waals surface area contributed by atoms with Crippen LogP contribution >= 0.6 is 0 Å². The highest BCUT2D eigenvalue weighted by molar-refractivity contribution is 5.50. The monoisotopic (exact) mass is 261 g/mol. The average Bonchev–Trinajstić information content (AvgIpc) is 2.38. The molecule has 1 unspecified atom stereocenters. The van der Waals surface area contributed by atoms with Gasteiger partial charge in [0.1, 0.15) is 5.75 Å². The van der Waals surface area contributed by atoms with E-state index in [1.807, 2.05) is 0 Å². The Labute approximate surface area is 117 Å². The summed E-state index contributed by atoms with van der Waals surface area (Å²) in [4.78, 5) is 0. The van der Waals surface area contributed by atoms with E-state index in [0.717, 1.165) is 18.7 Å². The Morgan fingerprint density at radius 3 is 2.26 bits per heavy atom. The minimum atomic E-state index is 0.372. The fraction of sp³-hybridized carbons (Fsp3) is 0.647. The zero-order valence-corrected chi connectivity index (χ0v) is 12.7. The van der Waals surface area contributed by atoms with Gasteiger partial charge in [-0.15, -0.1) is 0 Å². The first-order valence-electron chi connectivity index (χ1n) is 7.58. The van der Waals surface area contributed by atoms with Crippen LogP contribution in [0.25, 0.3) is 0 Å². The standard InChI is InChI=1S/C17H27NO/c1-11(2)14-7-8-15(12(3)4)17(19)16(14)13-6-5-9-18-10-13/h7-8,11-13,18-19H,5-6,9-10H2,1-4H3. The molecule has 2 N–H and O–H groups in total. The Morgan fingerprint density at radius 1 is 1.11 bits per heavy atom. The van der Waals surface area contributed by atoms with Crippen molar-refractivity contribution in [3.8, 4) is 5.75 Å². The fourth-order valence-electron chi connectivity index (χ4n) is 3.14. The van der Waals surface area contributed by atoms with Crippen molar-refractivity contribution in [3.05, 3.63) is 28.8 Å². The van der Waals surface area contributed by atoms with Crippen LogP contribution in [0.4, 0.5) is 0 Å². The highest BCUT2D eigenvalue weighted by Gasteiger charge is 2.24. The van der Waals surface area contributed by atoms with E-state index >= 15 is 0 Å². The molecule has 1 fully saturated rings. The summed E-state index contributed by atoms with van der Waals surface area (Å²) >= 11 is 0. The molecule has 2 nitrogen and oxygen atoms in total. The van der Waals surface area contributed by atoms with E-state index in [4.69, 9.17) is 0 Å². The molecule has 1 heterocycles. The Kier molecular flexibility index (Phi) is 4.51. The third kappa shape index (κ3) is 2.94. The second-order valence-electron chi connectivity index (χ2n) is 6.36. The number of benzene rings is 1. The summed E-state index contributed by atoms with van der Waals surface area (Å²) in [5.74, 6) is 1.85. The van der Waals surface area contributed by atoms with E-state index in [0.29, 0.717) is 23.5 Å². The maximum Gasteiger partial charge on any atom is 0.122 e. The van der Waals surface area contributed by atoms with Crippen molar-refractivity contribution in [2.75, 3.05) is 13.1 Å². The summed E-state index contributed by atoms with van der Waals surface area (Å²) in [6.45, 7) is 10.8. The van der Waals surface area contributed by atoms with Crippen molar-refractivity contribution < 1.29 is 5.11 Å². The number of phenolic OH excluding ortho intramolecular Hbond substituents is 1. The molecule has 1 atom stereocenters. The minimum absolute atomic E-state index is 0.372. The van der Waals surface area contributed by atoms with Crippen LogP contribution in [0.3, 0.4) is 0 Å². The van der Waals surface area contributed by atoms with Gasteiger partial charge in [0.25, 0.3) is 0 Å². The molecular weight excluding hydrogens is 234 g/mol. The fourth-order valence-corrected chi connectivity index (χ4v) is 3.14. The van der Waals surface area contributed by atoms with Crippen LogP contribution in [-0.2, 0) is 0 Å². The highest BCUT2D eigenvalue weighted by Crippen LogP contribution is 2.40. The summed E-state index contributed by atoms with van der Waals surface area (Å²) in [6, 6.07) is 4.33. The molecule has 2 heteroatoms. The van der Waals surface area contributed by atoms with Crippen LogP contribution in [0.2, 0.25) is 0 Å². The Balaban J connectivity index is 2.49. The number of hydrogen-bond donors (Lipinski definition) is 2. The number of nitrogens with one attached hydrogen (secondary N) is 1. The predicted molar refractivity (Wildman–Crippen MR) is 81.1 cm³/mol. The van der Waals surface area contributed by atoms with E-state index in [1.165, 1.54) is 24.0 Å². The molecular formula is C17H27NO. The zero-order valence-electron chi connectivity index (χ0n) is 12.7. The van der Waals surface area contributed by atoms with Crippen LogP contribution in [0.15, 0.2) is 12.1 Å². The Morgan fingerprint density at radius 2 is 1.74 bits per heavy atom. The van der Waals surface area contributed by atoms with E-state index in [1.54, 1.807) is 0 Å². The largest absolute Gasteiger partial charge is 0.507 e. The van der Waals surface area contributed by atoms with Crippen LogP contribution in [0.1, 0.15) is 75.0 Å². The van der Waals surface area contributed by atoms with Gasteiger partial charge >= 0.3 is 0 Å². The maximum atomic E-state index is 10.7. The Bertz CT molecular complexity index is 431. The van der Waals surface area contributed by atoms with Crippen LogP contribution in [0.5, 0.6) is 5.75 Å². The topological polar surface area (TPSA) is 32.3 Å². The van der Waals surface area contributed by atoms with Gasteiger partial charge in [0, 0.05) is 18.0 Å². The Hall–Kier alpha value is -1.02. The second kappa shape index (κ2) is 5.96. The molecule has 0 aromatic heterocycles. The molecule has 1 saturated heterocycles. The molecule has 0 aliphatic carbocycles. The lowest BCUT2D eigenvalue weighted by Gasteiger charge is -2.28. The van der Waals surface area contributed by atoms with E-state index in [-0.39, 0.29) is 0 Å². The first kappa shape index (κ1) is 14.4. The third-order valence-corrected chi connectivity index (χ3v) is 4.23. The van der Waals surface area contributed by atoms with Crippen molar-refractivity contribution in [2.24, 2.45) is 0 Å². The maximum absolute atomic E-state index is 10.7. The molecule has 0 amide bonds. The molecule has 19 heavy (non-hydrogen) atoms. The number of piperidine rings is 1. The van der Waals surface area contributed by atoms with Crippen molar-refractivity contribution in [1.29, 1.82) is 0 Å². The number of aromatic hydroxyl groups is 1. The van der Waals surface area contributed by atoms with Crippen molar-refractivity contribution in [3.63, 3.8) is 0 Å². The lowest BCUT2D eigenvalue weighted by molar-refractivity contribution is 0.416. The summed E-state index contributed by atoms with van der Waals surface area (Å²) in [6.07, 6.45) is 2.38. The smallest absolute Gasteiger partial charge is 0.122 e. The predicted octanol–water partition coefficient (Wildman–Crippen LogP) is 4.11. The van der Waals surface area contributed by atoms with Gasteiger partial charge in [-0.3, -0.25) is 0 Å². The summed E-state index contributed by atoms with van der Waals surface area (Å²) in [7, 11) is 0. The lowest BCUT2D eigenvalue weighted by atomic mass is 9.81. The molecule has 0 radical (unpaired) electrons. The van der Waals surface area contributed by atoms with Gasteiger partial charge in [-0.05, 0) is 42.3 Å². The van der Waals surface area contributed by atoms with Crippen molar-refractivity contribution >= 4 is 0 Å². The van der Waals surface area contributed by atoms with Gasteiger partial charge < -0.3 is 10.4 Å². The van der Waals surface area contributed by atoms with Gasteiger partial charge in [-0.1, -0.05) is 39.8 Å². The van der Waals surface area contributed by atoms with Crippen LogP contribution < -0.4 is 5.32 Å². The van der Waals surface area contributed by atoms with Crippen LogP contribution in [0, 0.1) is 0 Å². The summed E-state index contributed by atoms with van der Waals surface area (Å²) in [5.41, 5.74) is 3.61. The van der Waals surface area contributed by atoms with Gasteiger partial charge in [0.15, 0.2) is 0 Å². The molecule has 0 spiro atoms. The van der Waals surface area contributed by atoms with Crippen molar-refractivity contribution in [1.82, 2.24) is 5.32 Å². The van der Waals surface area contributed by atoms with Gasteiger partial charge in [0.05, 0.1) is 0 Å². The van der Waals surface area contributed by atoms with Gasteiger partial charge in [0.2, 0.25) is 0 Å². The second-order valence-corrected chi connectivity index (χ2v) is 6.36. The normalized spacial score (nSPS) is 20.2. The minimum Gasteiger partial charge on any atom is -0.507 e. The first-order valence-corrected chi connectivity index (χ1v) is 7.58.